The van der Waals surface area contributed by atoms with Gasteiger partial charge in [0.15, 0.2) is 0 Å². The third-order valence-electron chi connectivity index (χ3n) is 4.46. The summed E-state index contributed by atoms with van der Waals surface area (Å²) in [7, 11) is 4.63. The normalized spacial score (nSPS) is 11.5. The number of phenols is 1. The highest BCUT2D eigenvalue weighted by Crippen LogP contribution is 2.26. The van der Waals surface area contributed by atoms with E-state index in [9.17, 15) is 5.11 Å². The van der Waals surface area contributed by atoms with Crippen molar-refractivity contribution >= 4 is 19.2 Å². The summed E-state index contributed by atoms with van der Waals surface area (Å²) in [6.07, 6.45) is 0.753. The molecule has 0 heterocycles. The SMILES string of the molecule is Cc1cccc(CN(C)C)c1Pc1cccc(Cc2ccccc2)c1O. The molecule has 0 saturated carbocycles. The van der Waals surface area contributed by atoms with Gasteiger partial charge >= 0.3 is 0 Å². The zero-order valence-corrected chi connectivity index (χ0v) is 16.7. The Morgan fingerprint density at radius 2 is 1.54 bits per heavy atom. The molecule has 1 N–H and O–H groups in total. The topological polar surface area (TPSA) is 23.5 Å². The van der Waals surface area contributed by atoms with Crippen molar-refractivity contribution in [2.75, 3.05) is 14.1 Å². The molecule has 0 amide bonds. The number of rotatable bonds is 6. The van der Waals surface area contributed by atoms with Crippen molar-refractivity contribution in [3.8, 4) is 5.75 Å². The van der Waals surface area contributed by atoms with E-state index in [1.54, 1.807) is 0 Å². The third-order valence-corrected chi connectivity index (χ3v) is 6.10. The van der Waals surface area contributed by atoms with Crippen molar-refractivity contribution in [3.05, 3.63) is 89.0 Å². The number of phenolic OH excluding ortho intramolecular Hbond substituents is 1. The average Bonchev–Trinajstić information content (AvgIpc) is 2.61. The molecule has 0 saturated heterocycles. The minimum absolute atomic E-state index is 0.439. The second-order valence-corrected chi connectivity index (χ2v) is 8.24. The maximum absolute atomic E-state index is 10.9. The van der Waals surface area contributed by atoms with E-state index in [2.05, 4.69) is 62.3 Å². The van der Waals surface area contributed by atoms with Crippen molar-refractivity contribution in [1.29, 1.82) is 0 Å². The smallest absolute Gasteiger partial charge is 0.126 e. The summed E-state index contributed by atoms with van der Waals surface area (Å²) in [6.45, 7) is 3.07. The van der Waals surface area contributed by atoms with Gasteiger partial charge in [-0.05, 0) is 48.6 Å². The van der Waals surface area contributed by atoms with Crippen molar-refractivity contribution in [3.63, 3.8) is 0 Å². The van der Waals surface area contributed by atoms with Gasteiger partial charge in [0.25, 0.3) is 0 Å². The lowest BCUT2D eigenvalue weighted by atomic mass is 10.0. The number of hydrogen-bond acceptors (Lipinski definition) is 2. The summed E-state index contributed by atoms with van der Waals surface area (Å²) in [5.74, 6) is 0.439. The number of nitrogens with zero attached hydrogens (tertiary/aromatic N) is 1. The van der Waals surface area contributed by atoms with Crippen LogP contribution in [-0.4, -0.2) is 24.1 Å². The van der Waals surface area contributed by atoms with Crippen LogP contribution in [0.15, 0.2) is 66.7 Å². The quantitative estimate of drug-likeness (QED) is 0.670. The van der Waals surface area contributed by atoms with E-state index in [0.29, 0.717) is 14.3 Å². The molecule has 0 bridgehead atoms. The van der Waals surface area contributed by atoms with Gasteiger partial charge in [-0.2, -0.15) is 0 Å². The molecular formula is C23H26NOP. The van der Waals surface area contributed by atoms with Gasteiger partial charge in [0.2, 0.25) is 0 Å². The Balaban J connectivity index is 1.91. The number of aryl methyl sites for hydroxylation is 1. The van der Waals surface area contributed by atoms with Gasteiger partial charge in [0.1, 0.15) is 5.75 Å². The average molecular weight is 363 g/mol. The highest BCUT2D eigenvalue weighted by atomic mass is 31.1. The predicted octanol–water partition coefficient (Wildman–Crippen LogP) is 3.98. The van der Waals surface area contributed by atoms with Crippen LogP contribution < -0.4 is 10.6 Å². The van der Waals surface area contributed by atoms with Gasteiger partial charge in [0, 0.05) is 18.3 Å². The molecule has 0 aliphatic rings. The van der Waals surface area contributed by atoms with E-state index in [0.717, 1.165) is 23.8 Å². The van der Waals surface area contributed by atoms with Gasteiger partial charge in [-0.3, -0.25) is 0 Å². The second-order valence-electron chi connectivity index (χ2n) is 6.95. The minimum Gasteiger partial charge on any atom is -0.507 e. The predicted molar refractivity (Wildman–Crippen MR) is 114 cm³/mol. The largest absolute Gasteiger partial charge is 0.507 e. The Hall–Kier alpha value is -2.15. The zero-order valence-electron chi connectivity index (χ0n) is 15.7. The molecule has 134 valence electrons. The molecule has 1 unspecified atom stereocenters. The van der Waals surface area contributed by atoms with Crippen LogP contribution in [-0.2, 0) is 13.0 Å². The lowest BCUT2D eigenvalue weighted by Gasteiger charge is -2.17. The fourth-order valence-corrected chi connectivity index (χ4v) is 4.50. The van der Waals surface area contributed by atoms with E-state index in [-0.39, 0.29) is 0 Å². The number of para-hydroxylation sites is 1. The van der Waals surface area contributed by atoms with E-state index in [1.165, 1.54) is 22.0 Å². The molecule has 0 fully saturated rings. The molecule has 0 aliphatic heterocycles. The maximum Gasteiger partial charge on any atom is 0.126 e. The van der Waals surface area contributed by atoms with Crippen LogP contribution >= 0.6 is 8.58 Å². The Bertz CT molecular complexity index is 875. The third kappa shape index (κ3) is 4.52. The molecule has 0 aliphatic carbocycles. The van der Waals surface area contributed by atoms with Crippen LogP contribution in [0.25, 0.3) is 0 Å². The van der Waals surface area contributed by atoms with Gasteiger partial charge in [-0.1, -0.05) is 75.3 Å². The van der Waals surface area contributed by atoms with E-state index in [4.69, 9.17) is 0 Å². The summed E-state index contributed by atoms with van der Waals surface area (Å²) in [5, 5.41) is 13.2. The summed E-state index contributed by atoms with van der Waals surface area (Å²) >= 11 is 0. The van der Waals surface area contributed by atoms with Crippen LogP contribution in [0.4, 0.5) is 0 Å². The van der Waals surface area contributed by atoms with Gasteiger partial charge in [-0.15, -0.1) is 0 Å². The fraction of sp³-hybridized carbons (Fsp3) is 0.217. The van der Waals surface area contributed by atoms with Crippen LogP contribution in [0, 0.1) is 6.92 Å². The lowest BCUT2D eigenvalue weighted by molar-refractivity contribution is 0.403. The van der Waals surface area contributed by atoms with Crippen molar-refractivity contribution in [2.45, 2.75) is 19.9 Å². The van der Waals surface area contributed by atoms with Crippen LogP contribution in [0.1, 0.15) is 22.3 Å². The maximum atomic E-state index is 10.9. The van der Waals surface area contributed by atoms with Crippen LogP contribution in [0.5, 0.6) is 5.75 Å². The van der Waals surface area contributed by atoms with Gasteiger partial charge in [-0.25, -0.2) is 0 Å². The van der Waals surface area contributed by atoms with Gasteiger partial charge in [0.05, 0.1) is 0 Å². The molecule has 3 aromatic carbocycles. The highest BCUT2D eigenvalue weighted by molar-refractivity contribution is 7.56. The first kappa shape index (κ1) is 18.6. The lowest BCUT2D eigenvalue weighted by Crippen LogP contribution is -2.19. The molecular weight excluding hydrogens is 337 g/mol. The summed E-state index contributed by atoms with van der Waals surface area (Å²) in [5.41, 5.74) is 4.83. The molecule has 3 rings (SSSR count). The number of benzene rings is 3. The van der Waals surface area contributed by atoms with Crippen LogP contribution in [0.3, 0.4) is 0 Å². The molecule has 3 heteroatoms. The zero-order chi connectivity index (χ0) is 18.5. The molecule has 1 atom stereocenters. The molecule has 2 nitrogen and oxygen atoms in total. The summed E-state index contributed by atoms with van der Waals surface area (Å²) < 4.78 is 0. The summed E-state index contributed by atoms with van der Waals surface area (Å²) in [4.78, 5) is 2.19. The second kappa shape index (κ2) is 8.49. The van der Waals surface area contributed by atoms with Crippen molar-refractivity contribution in [2.24, 2.45) is 0 Å². The molecule has 3 aromatic rings. The monoisotopic (exact) mass is 363 g/mol. The van der Waals surface area contributed by atoms with E-state index >= 15 is 0 Å². The first-order valence-corrected chi connectivity index (χ1v) is 9.89. The van der Waals surface area contributed by atoms with Crippen molar-refractivity contribution in [1.82, 2.24) is 4.90 Å². The van der Waals surface area contributed by atoms with E-state index < -0.39 is 0 Å². The Morgan fingerprint density at radius 1 is 0.846 bits per heavy atom. The van der Waals surface area contributed by atoms with Gasteiger partial charge < -0.3 is 10.0 Å². The summed E-state index contributed by atoms with van der Waals surface area (Å²) in [6, 6.07) is 22.9. The molecule has 0 radical (unpaired) electrons. The minimum atomic E-state index is 0.439. The number of aromatic hydroxyl groups is 1. The number of hydrogen-bond donors (Lipinski definition) is 1. The van der Waals surface area contributed by atoms with Crippen molar-refractivity contribution < 1.29 is 5.11 Å². The molecule has 0 spiro atoms. The van der Waals surface area contributed by atoms with Crippen LogP contribution in [0.2, 0.25) is 0 Å². The van der Waals surface area contributed by atoms with E-state index in [1.807, 2.05) is 30.3 Å². The Kier molecular flexibility index (Phi) is 6.08. The highest BCUT2D eigenvalue weighted by Gasteiger charge is 2.12. The first-order chi connectivity index (χ1) is 12.5. The Labute approximate surface area is 158 Å². The molecule has 0 aromatic heterocycles. The first-order valence-electron chi connectivity index (χ1n) is 8.89. The fourth-order valence-electron chi connectivity index (χ4n) is 3.17. The Morgan fingerprint density at radius 3 is 2.27 bits per heavy atom. The molecule has 26 heavy (non-hydrogen) atoms. The standard InChI is InChI=1S/C23H26NOP/c1-17-9-7-13-20(16-24(2)3)23(17)26-21-14-8-12-19(22(21)25)15-18-10-5-4-6-11-18/h4-14,25-26H,15-16H2,1-3H3.